The minimum atomic E-state index is -0.131. The van der Waals surface area contributed by atoms with E-state index < -0.39 is 0 Å². The molecule has 31 heavy (non-hydrogen) atoms. The fourth-order valence-electron chi connectivity index (χ4n) is 3.86. The van der Waals surface area contributed by atoms with Crippen molar-refractivity contribution in [1.29, 1.82) is 0 Å². The highest BCUT2D eigenvalue weighted by atomic mass is 32.1. The van der Waals surface area contributed by atoms with Gasteiger partial charge in [0.15, 0.2) is 11.5 Å². The average molecular weight is 435 g/mol. The Morgan fingerprint density at radius 3 is 2.81 bits per heavy atom. The number of carbonyl (C=O) groups is 1. The average Bonchev–Trinajstić information content (AvgIpc) is 3.36. The van der Waals surface area contributed by atoms with E-state index in [1.165, 1.54) is 0 Å². The fraction of sp³-hybridized carbons (Fsp3) is 0.261. The maximum atomic E-state index is 12.6. The number of carbonyl (C=O) groups excluding carboxylic acids is 1. The number of thiazole rings is 1. The van der Waals surface area contributed by atoms with Crippen molar-refractivity contribution in [1.82, 2.24) is 14.8 Å². The first-order valence-corrected chi connectivity index (χ1v) is 10.9. The summed E-state index contributed by atoms with van der Waals surface area (Å²) in [5, 5.41) is 8.28. The van der Waals surface area contributed by atoms with Crippen LogP contribution in [-0.4, -0.2) is 33.9 Å². The predicted molar refractivity (Wildman–Crippen MR) is 121 cm³/mol. The van der Waals surface area contributed by atoms with Crippen LogP contribution >= 0.6 is 11.3 Å². The molecule has 2 aromatic heterocycles. The van der Waals surface area contributed by atoms with Gasteiger partial charge in [-0.3, -0.25) is 4.79 Å². The molecule has 0 aliphatic carbocycles. The quantitative estimate of drug-likeness (QED) is 0.490. The molecule has 3 heterocycles. The van der Waals surface area contributed by atoms with Gasteiger partial charge in [-0.05, 0) is 43.7 Å². The minimum Gasteiger partial charge on any atom is -0.493 e. The zero-order valence-corrected chi connectivity index (χ0v) is 18.3. The molecule has 0 spiro atoms. The summed E-state index contributed by atoms with van der Waals surface area (Å²) in [6.07, 6.45) is 2.20. The van der Waals surface area contributed by atoms with E-state index in [1.54, 1.807) is 23.1 Å². The molecule has 1 aliphatic rings. The van der Waals surface area contributed by atoms with Crippen LogP contribution in [0.1, 0.15) is 37.3 Å². The third-order valence-corrected chi connectivity index (χ3v) is 6.25. The van der Waals surface area contributed by atoms with Crippen LogP contribution in [-0.2, 0) is 4.79 Å². The second kappa shape index (κ2) is 7.70. The number of fused-ring (bicyclic) bond motifs is 2. The number of nitrogens with zero attached hydrogens (tertiary/aromatic N) is 3. The van der Waals surface area contributed by atoms with E-state index in [0.29, 0.717) is 23.7 Å². The molecule has 8 heteroatoms. The lowest BCUT2D eigenvalue weighted by molar-refractivity contribution is -0.116. The Balaban J connectivity index is 1.56. The van der Waals surface area contributed by atoms with Gasteiger partial charge in [0, 0.05) is 17.9 Å². The Morgan fingerprint density at radius 1 is 1.19 bits per heavy atom. The lowest BCUT2D eigenvalue weighted by Crippen LogP contribution is -2.24. The maximum Gasteiger partial charge on any atom is 0.226 e. The number of aromatic nitrogens is 3. The Hall–Kier alpha value is -3.39. The SMILES string of the molecule is COc1cc([C@H]2CC(=O)Nc3c2cnn3-c2nc3ccccc3s2)ccc1OC(C)C. The fourth-order valence-corrected chi connectivity index (χ4v) is 4.80. The van der Waals surface area contributed by atoms with Crippen molar-refractivity contribution in [3.8, 4) is 16.6 Å². The summed E-state index contributed by atoms with van der Waals surface area (Å²) in [6, 6.07) is 13.8. The van der Waals surface area contributed by atoms with Gasteiger partial charge in [-0.2, -0.15) is 9.78 Å². The normalized spacial score (nSPS) is 15.7. The van der Waals surface area contributed by atoms with Crippen molar-refractivity contribution in [2.24, 2.45) is 0 Å². The number of para-hydroxylation sites is 1. The summed E-state index contributed by atoms with van der Waals surface area (Å²) in [5.41, 5.74) is 2.85. The summed E-state index contributed by atoms with van der Waals surface area (Å²) in [7, 11) is 1.62. The number of methoxy groups -OCH3 is 1. The van der Waals surface area contributed by atoms with E-state index in [2.05, 4.69) is 15.4 Å². The van der Waals surface area contributed by atoms with Gasteiger partial charge in [-0.25, -0.2) is 4.98 Å². The van der Waals surface area contributed by atoms with Gasteiger partial charge >= 0.3 is 0 Å². The van der Waals surface area contributed by atoms with E-state index in [-0.39, 0.29) is 17.9 Å². The Bertz CT molecular complexity index is 1240. The second-order valence-corrected chi connectivity index (χ2v) is 8.72. The standard InChI is InChI=1S/C23H22N4O3S/c1-13(2)30-18-9-8-14(10-19(18)29-3)15-11-21(28)26-22-16(15)12-24-27(22)23-25-17-6-4-5-7-20(17)31-23/h4-10,12-13,15H,11H2,1-3H3,(H,26,28)/t15-/m1/s1. The van der Waals surface area contributed by atoms with Gasteiger partial charge in [0.05, 0.1) is 29.6 Å². The molecule has 0 radical (unpaired) electrons. The number of ether oxygens (including phenoxy) is 2. The number of rotatable bonds is 5. The number of hydrogen-bond acceptors (Lipinski definition) is 6. The van der Waals surface area contributed by atoms with Crippen molar-refractivity contribution < 1.29 is 14.3 Å². The highest BCUT2D eigenvalue weighted by molar-refractivity contribution is 7.20. The molecule has 0 saturated heterocycles. The van der Waals surface area contributed by atoms with E-state index in [0.717, 1.165) is 26.5 Å². The predicted octanol–water partition coefficient (Wildman–Crippen LogP) is 4.75. The first-order valence-electron chi connectivity index (χ1n) is 10.1. The van der Waals surface area contributed by atoms with Crippen LogP contribution in [0.15, 0.2) is 48.7 Å². The number of amides is 1. The lowest BCUT2D eigenvalue weighted by Gasteiger charge is -2.24. The monoisotopic (exact) mass is 434 g/mol. The van der Waals surface area contributed by atoms with Crippen molar-refractivity contribution in [3.63, 3.8) is 0 Å². The summed E-state index contributed by atoms with van der Waals surface area (Å²) in [6.45, 7) is 3.95. The van der Waals surface area contributed by atoms with Gasteiger partial charge in [-0.1, -0.05) is 29.5 Å². The molecule has 1 atom stereocenters. The number of benzene rings is 2. The van der Waals surface area contributed by atoms with Gasteiger partial charge in [0.2, 0.25) is 11.0 Å². The van der Waals surface area contributed by atoms with E-state index in [9.17, 15) is 4.79 Å². The molecule has 4 aromatic rings. The topological polar surface area (TPSA) is 78.3 Å². The molecule has 158 valence electrons. The zero-order chi connectivity index (χ0) is 21.5. The smallest absolute Gasteiger partial charge is 0.226 e. The Morgan fingerprint density at radius 2 is 2.03 bits per heavy atom. The summed E-state index contributed by atoms with van der Waals surface area (Å²) in [4.78, 5) is 17.3. The third-order valence-electron chi connectivity index (χ3n) is 5.24. The lowest BCUT2D eigenvalue weighted by atomic mass is 9.87. The molecular formula is C23H22N4O3S. The van der Waals surface area contributed by atoms with Crippen LogP contribution in [0.4, 0.5) is 5.82 Å². The van der Waals surface area contributed by atoms with Crippen LogP contribution < -0.4 is 14.8 Å². The molecular weight excluding hydrogens is 412 g/mol. The van der Waals surface area contributed by atoms with Gasteiger partial charge in [-0.15, -0.1) is 0 Å². The van der Waals surface area contributed by atoms with Gasteiger partial charge in [0.25, 0.3) is 0 Å². The zero-order valence-electron chi connectivity index (χ0n) is 17.5. The van der Waals surface area contributed by atoms with Crippen molar-refractivity contribution in [3.05, 3.63) is 59.8 Å². The summed E-state index contributed by atoms with van der Waals surface area (Å²) >= 11 is 1.54. The third kappa shape index (κ3) is 3.53. The number of anilines is 1. The summed E-state index contributed by atoms with van der Waals surface area (Å²) in [5.74, 6) is 1.82. The molecule has 7 nitrogen and oxygen atoms in total. The van der Waals surface area contributed by atoms with E-state index >= 15 is 0 Å². The van der Waals surface area contributed by atoms with Gasteiger partial charge < -0.3 is 14.8 Å². The Labute approximate surface area is 183 Å². The van der Waals surface area contributed by atoms with Crippen molar-refractivity contribution in [2.75, 3.05) is 12.4 Å². The first kappa shape index (κ1) is 19.6. The number of hydrogen-bond donors (Lipinski definition) is 1. The molecule has 1 amide bonds. The molecule has 0 saturated carbocycles. The highest BCUT2D eigenvalue weighted by Gasteiger charge is 2.31. The minimum absolute atomic E-state index is 0.0406. The molecule has 2 aromatic carbocycles. The van der Waals surface area contributed by atoms with Crippen LogP contribution in [0.5, 0.6) is 11.5 Å². The molecule has 5 rings (SSSR count). The van der Waals surface area contributed by atoms with Crippen LogP contribution in [0.3, 0.4) is 0 Å². The molecule has 0 bridgehead atoms. The van der Waals surface area contributed by atoms with Gasteiger partial charge in [0.1, 0.15) is 5.82 Å². The molecule has 1 N–H and O–H groups in total. The second-order valence-electron chi connectivity index (χ2n) is 7.71. The maximum absolute atomic E-state index is 12.6. The largest absolute Gasteiger partial charge is 0.493 e. The van der Waals surface area contributed by atoms with E-state index in [4.69, 9.17) is 9.47 Å². The number of nitrogens with one attached hydrogen (secondary N) is 1. The molecule has 1 aliphatic heterocycles. The van der Waals surface area contributed by atoms with Crippen molar-refractivity contribution in [2.45, 2.75) is 32.3 Å². The van der Waals surface area contributed by atoms with Crippen LogP contribution in [0.2, 0.25) is 0 Å². The van der Waals surface area contributed by atoms with Crippen LogP contribution in [0, 0.1) is 0 Å². The van der Waals surface area contributed by atoms with Crippen molar-refractivity contribution >= 4 is 33.3 Å². The van der Waals surface area contributed by atoms with E-state index in [1.807, 2.05) is 62.5 Å². The molecule has 0 unspecified atom stereocenters. The Kier molecular flexibility index (Phi) is 4.86. The van der Waals surface area contributed by atoms with Crippen LogP contribution in [0.25, 0.3) is 15.3 Å². The first-order chi connectivity index (χ1) is 15.0. The highest BCUT2D eigenvalue weighted by Crippen LogP contribution is 2.41. The molecule has 0 fully saturated rings. The summed E-state index contributed by atoms with van der Waals surface area (Å²) < 4.78 is 14.2.